The molecule has 2 aliphatic rings. The average Bonchev–Trinajstić information content (AvgIpc) is 2.74. The molecule has 7 nitrogen and oxygen atoms in total. The molecule has 1 atom stereocenters. The third-order valence-electron chi connectivity index (χ3n) is 5.64. The fraction of sp³-hybridized carbons (Fsp3) is 0.650. The van der Waals surface area contributed by atoms with Crippen molar-refractivity contribution >= 4 is 15.9 Å². The topological polar surface area (TPSA) is 70.2 Å². The number of hydrogen-bond acceptors (Lipinski definition) is 5. The first-order chi connectivity index (χ1) is 13.5. The summed E-state index contributed by atoms with van der Waals surface area (Å²) in [4.78, 5) is 17.4. The molecule has 2 fully saturated rings. The summed E-state index contributed by atoms with van der Waals surface area (Å²) in [5.41, 5.74) is 0. The van der Waals surface area contributed by atoms with Crippen LogP contribution >= 0.6 is 0 Å². The number of carbonyl (C=O) groups is 1. The van der Waals surface area contributed by atoms with Crippen LogP contribution in [0, 0.1) is 5.92 Å². The van der Waals surface area contributed by atoms with Gasteiger partial charge in [0.25, 0.3) is 0 Å². The zero-order chi connectivity index (χ0) is 20.1. The second-order valence-electron chi connectivity index (χ2n) is 7.37. The highest BCUT2D eigenvalue weighted by atomic mass is 32.2. The zero-order valence-corrected chi connectivity index (χ0v) is 17.7. The third kappa shape index (κ3) is 4.67. The Morgan fingerprint density at radius 1 is 1.07 bits per heavy atom. The van der Waals surface area contributed by atoms with Gasteiger partial charge in [-0.3, -0.25) is 4.79 Å². The number of sulfonamides is 1. The lowest BCUT2D eigenvalue weighted by molar-refractivity contribution is -0.138. The average molecular weight is 410 g/mol. The highest BCUT2D eigenvalue weighted by Gasteiger charge is 2.35. The normalized spacial score (nSPS) is 22.2. The molecule has 8 heteroatoms. The van der Waals surface area contributed by atoms with Crippen molar-refractivity contribution in [1.82, 2.24) is 14.1 Å². The summed E-state index contributed by atoms with van der Waals surface area (Å²) in [6.45, 7) is 9.52. The van der Waals surface area contributed by atoms with Crippen molar-refractivity contribution in [3.8, 4) is 5.75 Å². The first kappa shape index (κ1) is 21.1. The Balaban J connectivity index is 1.65. The number of rotatable bonds is 6. The molecular formula is C20H31N3O4S. The Bertz CT molecular complexity index is 758. The molecule has 28 heavy (non-hydrogen) atoms. The molecule has 1 aromatic rings. The van der Waals surface area contributed by atoms with E-state index >= 15 is 0 Å². The fourth-order valence-corrected chi connectivity index (χ4v) is 5.45. The minimum absolute atomic E-state index is 0.0994. The number of piperidine rings is 1. The second kappa shape index (κ2) is 9.24. The van der Waals surface area contributed by atoms with Crippen LogP contribution in [0.15, 0.2) is 29.2 Å². The SMILES string of the molecule is CCOc1ccc(S(=O)(=O)N2CCC[C@H](C(=O)N3CCN(CC)CC3)C2)cc1. The lowest BCUT2D eigenvalue weighted by Crippen LogP contribution is -2.52. The summed E-state index contributed by atoms with van der Waals surface area (Å²) in [7, 11) is -3.60. The Labute approximate surface area is 168 Å². The fourth-order valence-electron chi connectivity index (χ4n) is 3.93. The first-order valence-electron chi connectivity index (χ1n) is 10.2. The van der Waals surface area contributed by atoms with Gasteiger partial charge in [0.2, 0.25) is 15.9 Å². The molecule has 0 bridgehead atoms. The number of benzene rings is 1. The summed E-state index contributed by atoms with van der Waals surface area (Å²) in [5, 5.41) is 0. The second-order valence-corrected chi connectivity index (χ2v) is 9.30. The Morgan fingerprint density at radius 2 is 1.75 bits per heavy atom. The molecule has 3 rings (SSSR count). The molecule has 1 aromatic carbocycles. The quantitative estimate of drug-likeness (QED) is 0.715. The summed E-state index contributed by atoms with van der Waals surface area (Å²) < 4.78 is 32.9. The van der Waals surface area contributed by atoms with Crippen molar-refractivity contribution in [2.75, 3.05) is 52.4 Å². The van der Waals surface area contributed by atoms with E-state index in [2.05, 4.69) is 11.8 Å². The third-order valence-corrected chi connectivity index (χ3v) is 7.52. The van der Waals surface area contributed by atoms with E-state index < -0.39 is 10.0 Å². The van der Waals surface area contributed by atoms with E-state index in [9.17, 15) is 13.2 Å². The molecule has 0 saturated carbocycles. The summed E-state index contributed by atoms with van der Waals surface area (Å²) in [5.74, 6) is 0.501. The molecule has 0 spiro atoms. The van der Waals surface area contributed by atoms with Gasteiger partial charge < -0.3 is 14.5 Å². The van der Waals surface area contributed by atoms with E-state index in [-0.39, 0.29) is 23.3 Å². The monoisotopic (exact) mass is 409 g/mol. The Morgan fingerprint density at radius 3 is 2.36 bits per heavy atom. The van der Waals surface area contributed by atoms with Crippen molar-refractivity contribution in [3.63, 3.8) is 0 Å². The largest absolute Gasteiger partial charge is 0.494 e. The predicted molar refractivity (Wildman–Crippen MR) is 108 cm³/mol. The van der Waals surface area contributed by atoms with Crippen molar-refractivity contribution in [3.05, 3.63) is 24.3 Å². The predicted octanol–water partition coefficient (Wildman–Crippen LogP) is 1.65. The van der Waals surface area contributed by atoms with Crippen molar-refractivity contribution < 1.29 is 17.9 Å². The van der Waals surface area contributed by atoms with Crippen LogP contribution < -0.4 is 4.74 Å². The molecule has 0 aromatic heterocycles. The van der Waals surface area contributed by atoms with Crippen LogP contribution in [-0.2, 0) is 14.8 Å². The number of carbonyl (C=O) groups excluding carboxylic acids is 1. The molecule has 0 unspecified atom stereocenters. The van der Waals surface area contributed by atoms with Crippen LogP contribution in [0.5, 0.6) is 5.75 Å². The molecule has 2 heterocycles. The van der Waals surface area contributed by atoms with Gasteiger partial charge in [0.1, 0.15) is 5.75 Å². The lowest BCUT2D eigenvalue weighted by Gasteiger charge is -2.38. The van der Waals surface area contributed by atoms with E-state index in [1.165, 1.54) is 4.31 Å². The van der Waals surface area contributed by atoms with Crippen molar-refractivity contribution in [2.24, 2.45) is 5.92 Å². The molecule has 2 saturated heterocycles. The van der Waals surface area contributed by atoms with E-state index in [0.29, 0.717) is 25.3 Å². The maximum absolute atomic E-state index is 13.0. The van der Waals surface area contributed by atoms with Gasteiger partial charge in [-0.25, -0.2) is 8.42 Å². The number of nitrogens with zero attached hydrogens (tertiary/aromatic N) is 3. The van der Waals surface area contributed by atoms with Crippen LogP contribution in [0.4, 0.5) is 0 Å². The van der Waals surface area contributed by atoms with Crippen LogP contribution in [0.2, 0.25) is 0 Å². The summed E-state index contributed by atoms with van der Waals surface area (Å²) in [6, 6.07) is 6.51. The molecule has 0 N–H and O–H groups in total. The van der Waals surface area contributed by atoms with Gasteiger partial charge in [-0.05, 0) is 50.6 Å². The first-order valence-corrected chi connectivity index (χ1v) is 11.6. The van der Waals surface area contributed by atoms with E-state index in [0.717, 1.165) is 39.1 Å². The summed E-state index contributed by atoms with van der Waals surface area (Å²) in [6.07, 6.45) is 1.46. The van der Waals surface area contributed by atoms with Gasteiger partial charge in [-0.15, -0.1) is 0 Å². The Hall–Kier alpha value is -1.64. The van der Waals surface area contributed by atoms with Gasteiger partial charge in [0.05, 0.1) is 17.4 Å². The Kier molecular flexibility index (Phi) is 6.95. The van der Waals surface area contributed by atoms with Gasteiger partial charge in [-0.2, -0.15) is 4.31 Å². The smallest absolute Gasteiger partial charge is 0.243 e. The van der Waals surface area contributed by atoms with Gasteiger partial charge >= 0.3 is 0 Å². The molecule has 2 aliphatic heterocycles. The minimum atomic E-state index is -3.60. The number of likely N-dealkylation sites (N-methyl/N-ethyl adjacent to an activating group) is 1. The highest BCUT2D eigenvalue weighted by Crippen LogP contribution is 2.26. The molecule has 1 amide bonds. The lowest BCUT2D eigenvalue weighted by atomic mass is 9.98. The maximum atomic E-state index is 13.0. The molecule has 156 valence electrons. The van der Waals surface area contributed by atoms with Crippen LogP contribution in [0.3, 0.4) is 0 Å². The van der Waals surface area contributed by atoms with E-state index in [1.54, 1.807) is 24.3 Å². The number of ether oxygens (including phenoxy) is 1. The number of piperazine rings is 1. The standard InChI is InChI=1S/C20H31N3O4S/c1-3-21-12-14-22(15-13-21)20(24)17-6-5-11-23(16-17)28(25,26)19-9-7-18(8-10-19)27-4-2/h7-10,17H,3-6,11-16H2,1-2H3/t17-/m0/s1. The summed E-state index contributed by atoms with van der Waals surface area (Å²) >= 11 is 0. The van der Waals surface area contributed by atoms with Crippen molar-refractivity contribution in [1.29, 1.82) is 0 Å². The van der Waals surface area contributed by atoms with E-state index in [1.807, 2.05) is 11.8 Å². The maximum Gasteiger partial charge on any atom is 0.243 e. The number of amides is 1. The van der Waals surface area contributed by atoms with Crippen LogP contribution in [0.25, 0.3) is 0 Å². The van der Waals surface area contributed by atoms with E-state index in [4.69, 9.17) is 4.74 Å². The van der Waals surface area contributed by atoms with Crippen LogP contribution in [0.1, 0.15) is 26.7 Å². The molecule has 0 radical (unpaired) electrons. The zero-order valence-electron chi connectivity index (χ0n) is 16.8. The van der Waals surface area contributed by atoms with Gasteiger partial charge in [0, 0.05) is 39.3 Å². The van der Waals surface area contributed by atoms with Gasteiger partial charge in [0.15, 0.2) is 0 Å². The minimum Gasteiger partial charge on any atom is -0.494 e. The van der Waals surface area contributed by atoms with Gasteiger partial charge in [-0.1, -0.05) is 6.92 Å². The van der Waals surface area contributed by atoms with Crippen LogP contribution in [-0.4, -0.2) is 80.9 Å². The number of hydrogen-bond donors (Lipinski definition) is 0. The highest BCUT2D eigenvalue weighted by molar-refractivity contribution is 7.89. The molecular weight excluding hydrogens is 378 g/mol. The molecule has 0 aliphatic carbocycles. The van der Waals surface area contributed by atoms with Crippen molar-refractivity contribution in [2.45, 2.75) is 31.6 Å².